The Bertz CT molecular complexity index is 572. The first-order valence-corrected chi connectivity index (χ1v) is 5.36. The van der Waals surface area contributed by atoms with Crippen LogP contribution in [0.5, 0.6) is 0 Å². The van der Waals surface area contributed by atoms with Crippen LogP contribution in [0.3, 0.4) is 0 Å². The van der Waals surface area contributed by atoms with E-state index in [2.05, 4.69) is 0 Å². The topological polar surface area (TPSA) is 58.3 Å². The number of hydrogen-bond acceptors (Lipinski definition) is 2. The van der Waals surface area contributed by atoms with E-state index in [-0.39, 0.29) is 0 Å². The maximum Gasteiger partial charge on any atom is 0.511 e. The third kappa shape index (κ3) is 1.47. The second-order valence-electron chi connectivity index (χ2n) is 2.84. The highest BCUT2D eigenvalue weighted by Gasteiger charge is 2.20. The van der Waals surface area contributed by atoms with Crippen LogP contribution in [0.1, 0.15) is 0 Å². The van der Waals surface area contributed by atoms with E-state index in [0.717, 1.165) is 9.36 Å². The Kier molecular flexibility index (Phi) is 1.98. The Hall–Kier alpha value is -1.46. The Labute approximate surface area is 81.3 Å². The van der Waals surface area contributed by atoms with Crippen LogP contribution in [0.4, 0.5) is 0 Å². The fourth-order valence-electron chi connectivity index (χ4n) is 1.34. The van der Waals surface area contributed by atoms with Gasteiger partial charge in [-0.05, 0) is 12.1 Å². The van der Waals surface area contributed by atoms with Crippen LogP contribution in [0.25, 0.3) is 10.9 Å². The fourth-order valence-corrected chi connectivity index (χ4v) is 1.97. The number of nitrogens with zero attached hydrogens (tertiary/aromatic N) is 1. The minimum absolute atomic E-state index is 0.456. The van der Waals surface area contributed by atoms with Crippen LogP contribution in [-0.4, -0.2) is 13.0 Å². The molecule has 1 aromatic carbocycles. The largest absolute Gasteiger partial charge is 0.511 e. The molecule has 4 nitrogen and oxygen atoms in total. The summed E-state index contributed by atoms with van der Waals surface area (Å²) in [5.74, 6) is 0. The van der Waals surface area contributed by atoms with Gasteiger partial charge in [-0.3, -0.25) is 0 Å². The summed E-state index contributed by atoms with van der Waals surface area (Å²) in [6.07, 6.45) is 1.30. The lowest BCUT2D eigenvalue weighted by molar-refractivity contribution is -0.489. The third-order valence-electron chi connectivity index (χ3n) is 1.92. The number of pyridine rings is 1. The molecule has 0 fully saturated rings. The zero-order valence-corrected chi connectivity index (χ0v) is 7.98. The molecule has 1 aromatic heterocycles. The van der Waals surface area contributed by atoms with Gasteiger partial charge in [0.25, 0.3) is 0 Å². The third-order valence-corrected chi connectivity index (χ3v) is 2.74. The van der Waals surface area contributed by atoms with E-state index in [9.17, 15) is 8.42 Å². The first-order valence-electron chi connectivity index (χ1n) is 3.96. The molecular formula is C9H8NO3S+. The summed E-state index contributed by atoms with van der Waals surface area (Å²) in [6.45, 7) is 0. The van der Waals surface area contributed by atoms with Gasteiger partial charge < -0.3 is 0 Å². The highest BCUT2D eigenvalue weighted by Crippen LogP contribution is 2.08. The molecule has 0 aliphatic rings. The van der Waals surface area contributed by atoms with Crippen molar-refractivity contribution in [2.24, 2.45) is 0 Å². The first kappa shape index (κ1) is 9.11. The minimum atomic E-state index is -4.21. The second-order valence-corrected chi connectivity index (χ2v) is 4.13. The number of fused-ring (bicyclic) bond motifs is 1. The van der Waals surface area contributed by atoms with Crippen LogP contribution in [0, 0.1) is 0 Å². The molecule has 0 spiro atoms. The van der Waals surface area contributed by atoms with Gasteiger partial charge in [-0.1, -0.05) is 16.1 Å². The van der Waals surface area contributed by atoms with E-state index < -0.39 is 10.3 Å². The lowest BCUT2D eigenvalue weighted by atomic mass is 10.2. The summed E-state index contributed by atoms with van der Waals surface area (Å²) in [5, 5.41) is 0.757. The maximum atomic E-state index is 11.0. The normalized spacial score (nSPS) is 11.8. The van der Waals surface area contributed by atoms with Crippen molar-refractivity contribution in [2.75, 3.05) is 0 Å². The molecule has 14 heavy (non-hydrogen) atoms. The van der Waals surface area contributed by atoms with E-state index in [1.807, 2.05) is 0 Å². The molecule has 0 unspecified atom stereocenters. The van der Waals surface area contributed by atoms with Crippen molar-refractivity contribution in [3.8, 4) is 0 Å². The van der Waals surface area contributed by atoms with E-state index in [1.165, 1.54) is 6.20 Å². The molecule has 72 valence electrons. The highest BCUT2D eigenvalue weighted by molar-refractivity contribution is 7.79. The summed E-state index contributed by atoms with van der Waals surface area (Å²) >= 11 is 0. The van der Waals surface area contributed by atoms with Crippen LogP contribution < -0.4 is 3.97 Å². The van der Waals surface area contributed by atoms with Crippen molar-refractivity contribution < 1.29 is 16.9 Å². The Morgan fingerprint density at radius 1 is 1.07 bits per heavy atom. The minimum Gasteiger partial charge on any atom is -0.233 e. The number of rotatable bonds is 1. The van der Waals surface area contributed by atoms with Crippen molar-refractivity contribution in [3.05, 3.63) is 42.6 Å². The molecule has 0 amide bonds. The van der Waals surface area contributed by atoms with Gasteiger partial charge in [-0.15, -0.1) is 8.42 Å². The molecule has 0 saturated carbocycles. The molecule has 0 saturated heterocycles. The number of para-hydroxylation sites is 1. The van der Waals surface area contributed by atoms with Crippen LogP contribution >= 0.6 is 0 Å². The molecule has 0 atom stereocenters. The van der Waals surface area contributed by atoms with Crippen molar-refractivity contribution in [1.29, 1.82) is 0 Å². The van der Waals surface area contributed by atoms with E-state index in [4.69, 9.17) is 4.55 Å². The quantitative estimate of drug-likeness (QED) is 0.559. The predicted octanol–water partition coefficient (Wildman–Crippen LogP) is 0.778. The molecule has 0 aliphatic heterocycles. The van der Waals surface area contributed by atoms with Crippen LogP contribution in [0.15, 0.2) is 42.6 Å². The van der Waals surface area contributed by atoms with Crippen LogP contribution in [-0.2, 0) is 10.3 Å². The van der Waals surface area contributed by atoms with Gasteiger partial charge in [0.15, 0.2) is 6.20 Å². The van der Waals surface area contributed by atoms with Crippen LogP contribution in [0.2, 0.25) is 0 Å². The molecule has 0 radical (unpaired) electrons. The van der Waals surface area contributed by atoms with Gasteiger partial charge in [-0.2, -0.15) is 0 Å². The Morgan fingerprint density at radius 2 is 1.71 bits per heavy atom. The first-order chi connectivity index (χ1) is 6.59. The molecule has 0 aliphatic carbocycles. The zero-order chi connectivity index (χ0) is 10.2. The summed E-state index contributed by atoms with van der Waals surface area (Å²) in [4.78, 5) is 0. The Balaban J connectivity index is 2.92. The lowest BCUT2D eigenvalue weighted by Gasteiger charge is -1.95. The van der Waals surface area contributed by atoms with Gasteiger partial charge in [0.05, 0.1) is 0 Å². The maximum absolute atomic E-state index is 11.0. The fraction of sp³-hybridized carbons (Fsp3) is 0. The predicted molar refractivity (Wildman–Crippen MR) is 51.1 cm³/mol. The lowest BCUT2D eigenvalue weighted by Crippen LogP contribution is -2.42. The molecule has 2 aromatic rings. The van der Waals surface area contributed by atoms with Crippen molar-refractivity contribution >= 4 is 21.2 Å². The Morgan fingerprint density at radius 3 is 2.43 bits per heavy atom. The van der Waals surface area contributed by atoms with Crippen molar-refractivity contribution in [2.45, 2.75) is 0 Å². The molecule has 2 rings (SSSR count). The summed E-state index contributed by atoms with van der Waals surface area (Å²) in [6, 6.07) is 10.3. The van der Waals surface area contributed by atoms with Crippen molar-refractivity contribution in [1.82, 2.24) is 0 Å². The highest BCUT2D eigenvalue weighted by atomic mass is 32.2. The van der Waals surface area contributed by atoms with Gasteiger partial charge in [0.2, 0.25) is 5.52 Å². The SMILES string of the molecule is O=S(=O)(O)[n+]1cccc2ccccc21. The van der Waals surface area contributed by atoms with Crippen molar-refractivity contribution in [3.63, 3.8) is 0 Å². The molecule has 1 heterocycles. The molecule has 5 heteroatoms. The van der Waals surface area contributed by atoms with E-state index in [1.54, 1.807) is 36.4 Å². The van der Waals surface area contributed by atoms with Gasteiger partial charge in [0.1, 0.15) is 0 Å². The average molecular weight is 210 g/mol. The summed E-state index contributed by atoms with van der Waals surface area (Å²) in [5.41, 5.74) is 0.456. The molecular weight excluding hydrogens is 202 g/mol. The summed E-state index contributed by atoms with van der Waals surface area (Å²) in [7, 11) is -4.21. The average Bonchev–Trinajstić information content (AvgIpc) is 2.15. The van der Waals surface area contributed by atoms with E-state index in [0.29, 0.717) is 5.52 Å². The van der Waals surface area contributed by atoms with E-state index >= 15 is 0 Å². The smallest absolute Gasteiger partial charge is 0.233 e. The number of aromatic nitrogens is 1. The van der Waals surface area contributed by atoms with Gasteiger partial charge in [0, 0.05) is 17.5 Å². The van der Waals surface area contributed by atoms with Gasteiger partial charge >= 0.3 is 10.3 Å². The molecule has 0 bridgehead atoms. The monoisotopic (exact) mass is 210 g/mol. The number of hydrogen-bond donors (Lipinski definition) is 1. The second kappa shape index (κ2) is 3.04. The molecule has 1 N–H and O–H groups in total. The summed E-state index contributed by atoms with van der Waals surface area (Å²) < 4.78 is 31.7. The van der Waals surface area contributed by atoms with Gasteiger partial charge in [-0.25, -0.2) is 4.55 Å². The standard InChI is InChI=1S/C9H7NO3S/c11-14(12,13)10-7-3-5-8-4-1-2-6-9(8)10/h1-7H/p+1. The number of benzene rings is 1. The zero-order valence-electron chi connectivity index (χ0n) is 7.16.